The van der Waals surface area contributed by atoms with E-state index in [0.717, 1.165) is 11.3 Å². The zero-order valence-electron chi connectivity index (χ0n) is 18.5. The van der Waals surface area contributed by atoms with Gasteiger partial charge in [0.2, 0.25) is 5.91 Å². The van der Waals surface area contributed by atoms with Crippen molar-refractivity contribution in [2.24, 2.45) is 0 Å². The van der Waals surface area contributed by atoms with Crippen molar-refractivity contribution in [2.45, 2.75) is 11.7 Å². The fourth-order valence-corrected chi connectivity index (χ4v) is 3.72. The molecule has 0 aliphatic rings. The van der Waals surface area contributed by atoms with E-state index in [1.165, 1.54) is 18.9 Å². The molecule has 1 amide bonds. The molecule has 32 heavy (non-hydrogen) atoms. The van der Waals surface area contributed by atoms with E-state index in [1.54, 1.807) is 39.5 Å². The third-order valence-corrected chi connectivity index (χ3v) is 5.57. The highest BCUT2D eigenvalue weighted by Gasteiger charge is 2.16. The van der Waals surface area contributed by atoms with Gasteiger partial charge in [-0.15, -0.1) is 10.2 Å². The number of hydrogen-bond acceptors (Lipinski definition) is 8. The number of carbonyl (C=O) groups excluding carboxylic acids is 1. The van der Waals surface area contributed by atoms with E-state index in [0.29, 0.717) is 41.3 Å². The number of anilines is 1. The average molecular weight is 459 g/mol. The lowest BCUT2D eigenvalue weighted by Gasteiger charge is -2.12. The van der Waals surface area contributed by atoms with Crippen LogP contribution < -0.4 is 19.5 Å². The molecular formula is C22H26N4O5S. The van der Waals surface area contributed by atoms with E-state index in [1.807, 2.05) is 28.8 Å². The first kappa shape index (κ1) is 23.4. The van der Waals surface area contributed by atoms with Gasteiger partial charge in [0.15, 0.2) is 11.0 Å². The average Bonchev–Trinajstić information content (AvgIpc) is 3.24. The summed E-state index contributed by atoms with van der Waals surface area (Å²) in [4.78, 5) is 12.6. The third-order valence-electron chi connectivity index (χ3n) is 4.60. The molecule has 0 aliphatic carbocycles. The van der Waals surface area contributed by atoms with Crippen LogP contribution in [0.25, 0.3) is 11.4 Å². The first-order valence-corrected chi connectivity index (χ1v) is 10.8. The van der Waals surface area contributed by atoms with Crippen molar-refractivity contribution in [3.63, 3.8) is 0 Å². The molecule has 0 spiro atoms. The first-order chi connectivity index (χ1) is 15.6. The van der Waals surface area contributed by atoms with Crippen LogP contribution in [-0.2, 0) is 16.1 Å². The molecule has 0 saturated carbocycles. The summed E-state index contributed by atoms with van der Waals surface area (Å²) in [5.74, 6) is 2.59. The maximum absolute atomic E-state index is 12.6. The van der Waals surface area contributed by atoms with Gasteiger partial charge in [-0.1, -0.05) is 11.8 Å². The smallest absolute Gasteiger partial charge is 0.234 e. The van der Waals surface area contributed by atoms with Crippen molar-refractivity contribution < 1.29 is 23.7 Å². The van der Waals surface area contributed by atoms with Gasteiger partial charge in [0.1, 0.15) is 17.2 Å². The van der Waals surface area contributed by atoms with Crippen molar-refractivity contribution in [1.82, 2.24) is 14.8 Å². The van der Waals surface area contributed by atoms with Gasteiger partial charge in [-0.25, -0.2) is 0 Å². The van der Waals surface area contributed by atoms with Gasteiger partial charge >= 0.3 is 0 Å². The van der Waals surface area contributed by atoms with E-state index < -0.39 is 0 Å². The molecule has 0 radical (unpaired) electrons. The lowest BCUT2D eigenvalue weighted by Crippen LogP contribution is -2.15. The molecule has 3 rings (SSSR count). The maximum Gasteiger partial charge on any atom is 0.234 e. The first-order valence-electron chi connectivity index (χ1n) is 9.80. The van der Waals surface area contributed by atoms with E-state index in [9.17, 15) is 4.79 Å². The molecule has 3 aromatic rings. The van der Waals surface area contributed by atoms with Crippen molar-refractivity contribution in [3.8, 4) is 28.6 Å². The highest BCUT2D eigenvalue weighted by molar-refractivity contribution is 7.99. The number of methoxy groups -OCH3 is 4. The molecule has 10 heteroatoms. The normalized spacial score (nSPS) is 10.6. The number of amides is 1. The second-order valence-electron chi connectivity index (χ2n) is 6.58. The monoisotopic (exact) mass is 458 g/mol. The van der Waals surface area contributed by atoms with Crippen molar-refractivity contribution in [2.75, 3.05) is 46.1 Å². The molecule has 0 unspecified atom stereocenters. The Morgan fingerprint density at radius 3 is 2.34 bits per heavy atom. The summed E-state index contributed by atoms with van der Waals surface area (Å²) in [5.41, 5.74) is 1.47. The minimum atomic E-state index is -0.189. The number of thioether (sulfide) groups is 1. The Morgan fingerprint density at radius 1 is 0.969 bits per heavy atom. The summed E-state index contributed by atoms with van der Waals surface area (Å²) in [6.45, 7) is 1.05. The highest BCUT2D eigenvalue weighted by atomic mass is 32.2. The molecule has 9 nitrogen and oxygen atoms in total. The largest absolute Gasteiger partial charge is 0.497 e. The van der Waals surface area contributed by atoms with Gasteiger partial charge in [-0.05, 0) is 36.4 Å². The molecular weight excluding hydrogens is 432 g/mol. The fourth-order valence-electron chi connectivity index (χ4n) is 2.95. The molecule has 0 atom stereocenters. The van der Waals surface area contributed by atoms with Gasteiger partial charge in [0, 0.05) is 18.7 Å². The second-order valence-corrected chi connectivity index (χ2v) is 7.52. The number of nitrogens with one attached hydrogen (secondary N) is 1. The van der Waals surface area contributed by atoms with E-state index in [4.69, 9.17) is 18.9 Å². The number of nitrogens with zero attached hydrogens (tertiary/aromatic N) is 3. The summed E-state index contributed by atoms with van der Waals surface area (Å²) < 4.78 is 22.9. The van der Waals surface area contributed by atoms with Gasteiger partial charge in [-0.2, -0.15) is 0 Å². The Bertz CT molecular complexity index is 1040. The van der Waals surface area contributed by atoms with Crippen LogP contribution in [0, 0.1) is 0 Å². The van der Waals surface area contributed by atoms with E-state index >= 15 is 0 Å². The summed E-state index contributed by atoms with van der Waals surface area (Å²) in [5, 5.41) is 12.1. The molecule has 1 N–H and O–H groups in total. The molecule has 1 heterocycles. The second kappa shape index (κ2) is 11.4. The quantitative estimate of drug-likeness (QED) is 0.437. The van der Waals surface area contributed by atoms with E-state index in [2.05, 4.69) is 15.5 Å². The predicted molar refractivity (Wildman–Crippen MR) is 123 cm³/mol. The molecule has 0 saturated heterocycles. The van der Waals surface area contributed by atoms with Crippen LogP contribution in [0.2, 0.25) is 0 Å². The molecule has 0 bridgehead atoms. The Kier molecular flexibility index (Phi) is 8.34. The lowest BCUT2D eigenvalue weighted by molar-refractivity contribution is -0.113. The van der Waals surface area contributed by atoms with Crippen molar-refractivity contribution in [3.05, 3.63) is 42.5 Å². The summed E-state index contributed by atoms with van der Waals surface area (Å²) in [6, 6.07) is 12.8. The maximum atomic E-state index is 12.6. The van der Waals surface area contributed by atoms with Gasteiger partial charge in [0.05, 0.1) is 45.9 Å². The van der Waals surface area contributed by atoms with Crippen LogP contribution >= 0.6 is 11.8 Å². The number of rotatable bonds is 11. The topological polar surface area (TPSA) is 96.7 Å². The SMILES string of the molecule is COCCn1c(SCC(=O)Nc2ccc(OC)cc2OC)nnc1-c1ccc(OC)cc1. The Labute approximate surface area is 191 Å². The number of hydrogen-bond donors (Lipinski definition) is 1. The van der Waals surface area contributed by atoms with Crippen LogP contribution in [0.1, 0.15) is 0 Å². The van der Waals surface area contributed by atoms with Crippen LogP contribution in [0.3, 0.4) is 0 Å². The third kappa shape index (κ3) is 5.71. The number of ether oxygens (including phenoxy) is 4. The van der Waals surface area contributed by atoms with Crippen LogP contribution in [0.4, 0.5) is 5.69 Å². The van der Waals surface area contributed by atoms with Gasteiger partial charge in [0.25, 0.3) is 0 Å². The van der Waals surface area contributed by atoms with Crippen molar-refractivity contribution in [1.29, 1.82) is 0 Å². The van der Waals surface area contributed by atoms with Crippen LogP contribution in [-0.4, -0.2) is 61.5 Å². The number of carbonyl (C=O) groups is 1. The Balaban J connectivity index is 1.72. The van der Waals surface area contributed by atoms with Gasteiger partial charge in [-0.3, -0.25) is 9.36 Å². The molecule has 0 aliphatic heterocycles. The van der Waals surface area contributed by atoms with E-state index in [-0.39, 0.29) is 11.7 Å². The van der Waals surface area contributed by atoms with Crippen LogP contribution in [0.15, 0.2) is 47.6 Å². The molecule has 0 fully saturated rings. The minimum Gasteiger partial charge on any atom is -0.497 e. The zero-order valence-corrected chi connectivity index (χ0v) is 19.3. The fraction of sp³-hybridized carbons (Fsp3) is 0.318. The van der Waals surface area contributed by atoms with Crippen LogP contribution in [0.5, 0.6) is 17.2 Å². The zero-order chi connectivity index (χ0) is 22.9. The standard InChI is InChI=1S/C22H26N4O5S/c1-28-12-11-26-21(15-5-7-16(29-2)8-6-15)24-25-22(26)32-14-20(27)23-18-10-9-17(30-3)13-19(18)31-4/h5-10,13H,11-12,14H2,1-4H3,(H,23,27). The highest BCUT2D eigenvalue weighted by Crippen LogP contribution is 2.30. The predicted octanol–water partition coefficient (Wildman–Crippen LogP) is 3.35. The number of benzene rings is 2. The lowest BCUT2D eigenvalue weighted by atomic mass is 10.2. The molecule has 1 aromatic heterocycles. The minimum absolute atomic E-state index is 0.156. The Morgan fingerprint density at radius 2 is 1.69 bits per heavy atom. The Hall–Kier alpha value is -3.24. The molecule has 170 valence electrons. The summed E-state index contributed by atoms with van der Waals surface area (Å²) in [6.07, 6.45) is 0. The molecule has 2 aromatic carbocycles. The summed E-state index contributed by atoms with van der Waals surface area (Å²) in [7, 11) is 6.37. The van der Waals surface area contributed by atoms with Gasteiger partial charge < -0.3 is 24.3 Å². The number of aromatic nitrogens is 3. The summed E-state index contributed by atoms with van der Waals surface area (Å²) >= 11 is 1.30. The van der Waals surface area contributed by atoms with Crippen molar-refractivity contribution >= 4 is 23.4 Å².